The average Bonchev–Trinajstić information content (AvgIpc) is 3.26. The number of benzene rings is 2. The molecule has 0 spiro atoms. The Labute approximate surface area is 222 Å². The van der Waals surface area contributed by atoms with E-state index >= 15 is 0 Å². The number of aromatic amines is 1. The number of fused-ring (bicyclic) bond motifs is 3. The molecule has 3 aromatic rings. The van der Waals surface area contributed by atoms with Crippen molar-refractivity contribution in [2.75, 3.05) is 52.5 Å². The van der Waals surface area contributed by atoms with Crippen molar-refractivity contribution in [3.8, 4) is 11.5 Å². The van der Waals surface area contributed by atoms with Crippen molar-refractivity contribution in [2.24, 2.45) is 0 Å². The highest BCUT2D eigenvalue weighted by Crippen LogP contribution is 2.31. The molecular formula is C32H43N3O2. The van der Waals surface area contributed by atoms with Gasteiger partial charge in [0, 0.05) is 48.0 Å². The Morgan fingerprint density at radius 1 is 0.595 bits per heavy atom. The molecule has 2 aromatic carbocycles. The molecule has 37 heavy (non-hydrogen) atoms. The minimum atomic E-state index is 0.704. The van der Waals surface area contributed by atoms with Gasteiger partial charge >= 0.3 is 0 Å². The summed E-state index contributed by atoms with van der Waals surface area (Å²) in [7, 11) is 0. The van der Waals surface area contributed by atoms with Crippen LogP contribution in [0.5, 0.6) is 11.5 Å². The largest absolute Gasteiger partial charge is 0.494 e. The lowest BCUT2D eigenvalue weighted by molar-refractivity contribution is 0.278. The van der Waals surface area contributed by atoms with Crippen LogP contribution in [0, 0.1) is 0 Å². The second-order valence-corrected chi connectivity index (χ2v) is 9.32. The zero-order valence-corrected chi connectivity index (χ0v) is 22.3. The lowest BCUT2D eigenvalue weighted by atomic mass is 10.1. The van der Waals surface area contributed by atoms with E-state index in [2.05, 4.69) is 65.4 Å². The van der Waals surface area contributed by atoms with Gasteiger partial charge in [0.2, 0.25) is 0 Å². The smallest absolute Gasteiger partial charge is 0.120 e. The number of hydrogen-bond acceptors (Lipinski definition) is 4. The average molecular weight is 502 g/mol. The van der Waals surface area contributed by atoms with E-state index < -0.39 is 0 Å². The maximum atomic E-state index is 6.09. The van der Waals surface area contributed by atoms with Gasteiger partial charge in [-0.05, 0) is 75.2 Å². The van der Waals surface area contributed by atoms with Crippen LogP contribution in [-0.4, -0.2) is 67.3 Å². The number of H-pyrrole nitrogens is 1. The van der Waals surface area contributed by atoms with Gasteiger partial charge in [-0.1, -0.05) is 24.3 Å². The molecular weight excluding hydrogens is 458 g/mol. The van der Waals surface area contributed by atoms with Crippen molar-refractivity contribution >= 4 is 21.8 Å². The molecule has 0 radical (unpaired) electrons. The molecule has 0 amide bonds. The molecule has 0 fully saturated rings. The van der Waals surface area contributed by atoms with E-state index in [0.717, 1.165) is 98.3 Å². The van der Waals surface area contributed by atoms with Crippen molar-refractivity contribution in [3.05, 3.63) is 87.0 Å². The normalized spacial score (nSPS) is 11.3. The van der Waals surface area contributed by atoms with Crippen LogP contribution in [0.2, 0.25) is 0 Å². The maximum Gasteiger partial charge on any atom is 0.120 e. The quantitative estimate of drug-likeness (QED) is 0.134. The topological polar surface area (TPSA) is 40.7 Å². The van der Waals surface area contributed by atoms with Crippen LogP contribution in [0.15, 0.2) is 87.0 Å². The summed E-state index contributed by atoms with van der Waals surface area (Å²) < 4.78 is 12.2. The van der Waals surface area contributed by atoms with E-state index in [4.69, 9.17) is 9.47 Å². The molecule has 0 atom stereocenters. The molecule has 0 aliphatic heterocycles. The predicted molar refractivity (Wildman–Crippen MR) is 159 cm³/mol. The number of hydrogen-bond donors (Lipinski definition) is 1. The zero-order valence-electron chi connectivity index (χ0n) is 22.3. The van der Waals surface area contributed by atoms with Gasteiger partial charge in [-0.25, -0.2) is 0 Å². The van der Waals surface area contributed by atoms with Gasteiger partial charge in [-0.2, -0.15) is 0 Å². The molecule has 0 saturated heterocycles. The molecule has 0 unspecified atom stereocenters. The molecule has 1 heterocycles. The van der Waals surface area contributed by atoms with Crippen LogP contribution in [0.25, 0.3) is 21.8 Å². The molecule has 5 heteroatoms. The second kappa shape index (κ2) is 15.7. The van der Waals surface area contributed by atoms with Gasteiger partial charge < -0.3 is 14.5 Å². The van der Waals surface area contributed by atoms with Crippen LogP contribution in [0.1, 0.15) is 25.7 Å². The van der Waals surface area contributed by atoms with E-state index in [-0.39, 0.29) is 0 Å². The number of nitrogens with zero attached hydrogens (tertiary/aromatic N) is 2. The molecule has 1 N–H and O–H groups in total. The first kappa shape index (κ1) is 28.3. The molecule has 0 bridgehead atoms. The summed E-state index contributed by atoms with van der Waals surface area (Å²) >= 11 is 0. The van der Waals surface area contributed by atoms with E-state index in [9.17, 15) is 0 Å². The summed E-state index contributed by atoms with van der Waals surface area (Å²) in [6.07, 6.45) is 11.9. The van der Waals surface area contributed by atoms with Crippen molar-refractivity contribution in [2.45, 2.75) is 25.7 Å². The SMILES string of the molecule is C=CCN(CC=C)CCCCOc1ccc2[nH]c3ccc(OCCCCN(CC=C)CC=C)cc3c2c1. The zero-order chi connectivity index (χ0) is 26.3. The van der Waals surface area contributed by atoms with Crippen molar-refractivity contribution < 1.29 is 9.47 Å². The number of ether oxygens (including phenoxy) is 2. The van der Waals surface area contributed by atoms with Gasteiger partial charge in [0.25, 0.3) is 0 Å². The minimum Gasteiger partial charge on any atom is -0.494 e. The van der Waals surface area contributed by atoms with E-state index in [1.54, 1.807) is 0 Å². The molecule has 5 nitrogen and oxygen atoms in total. The first-order valence-electron chi connectivity index (χ1n) is 13.4. The van der Waals surface area contributed by atoms with Crippen LogP contribution < -0.4 is 9.47 Å². The highest BCUT2D eigenvalue weighted by molar-refractivity contribution is 6.08. The summed E-state index contributed by atoms with van der Waals surface area (Å²) in [6.45, 7) is 22.3. The Morgan fingerprint density at radius 2 is 1.00 bits per heavy atom. The van der Waals surface area contributed by atoms with Crippen molar-refractivity contribution in [3.63, 3.8) is 0 Å². The molecule has 1 aromatic heterocycles. The van der Waals surface area contributed by atoms with Crippen molar-refractivity contribution in [1.82, 2.24) is 14.8 Å². The highest BCUT2D eigenvalue weighted by Gasteiger charge is 2.08. The third-order valence-corrected chi connectivity index (χ3v) is 6.37. The first-order chi connectivity index (χ1) is 18.2. The van der Waals surface area contributed by atoms with Crippen LogP contribution in [0.3, 0.4) is 0 Å². The summed E-state index contributed by atoms with van der Waals surface area (Å²) in [6, 6.07) is 12.5. The monoisotopic (exact) mass is 501 g/mol. The van der Waals surface area contributed by atoms with Gasteiger partial charge in [-0.15, -0.1) is 26.3 Å². The Hall–Kier alpha value is -3.28. The summed E-state index contributed by atoms with van der Waals surface area (Å²) in [5.74, 6) is 1.80. The minimum absolute atomic E-state index is 0.704. The van der Waals surface area contributed by atoms with Gasteiger partial charge in [0.15, 0.2) is 0 Å². The molecule has 0 aliphatic carbocycles. The highest BCUT2D eigenvalue weighted by atomic mass is 16.5. The van der Waals surface area contributed by atoms with E-state index in [1.165, 1.54) is 0 Å². The Balaban J connectivity index is 1.51. The number of nitrogens with one attached hydrogen (secondary N) is 1. The second-order valence-electron chi connectivity index (χ2n) is 9.32. The standard InChI is InChI=1S/C32H43N3O2/c1-5-17-34(18-6-2)21-9-11-23-36-27-13-15-31-29(25-27)30-26-28(14-16-32(30)33-31)37-24-12-10-22-35(19-7-3)20-8-4/h5-8,13-16,25-26,33H,1-4,9-12,17-24H2. The maximum absolute atomic E-state index is 6.09. The van der Waals surface area contributed by atoms with Crippen LogP contribution in [-0.2, 0) is 0 Å². The third kappa shape index (κ3) is 8.96. The lowest BCUT2D eigenvalue weighted by Crippen LogP contribution is -2.25. The van der Waals surface area contributed by atoms with Crippen LogP contribution >= 0.6 is 0 Å². The molecule has 0 aliphatic rings. The Kier molecular flexibility index (Phi) is 12.0. The number of rotatable bonds is 20. The van der Waals surface area contributed by atoms with Gasteiger partial charge in [0.1, 0.15) is 11.5 Å². The van der Waals surface area contributed by atoms with Gasteiger partial charge in [0.05, 0.1) is 13.2 Å². The summed E-state index contributed by atoms with van der Waals surface area (Å²) in [4.78, 5) is 8.17. The first-order valence-corrected chi connectivity index (χ1v) is 13.4. The fraction of sp³-hybridized carbons (Fsp3) is 0.375. The van der Waals surface area contributed by atoms with Crippen LogP contribution in [0.4, 0.5) is 0 Å². The van der Waals surface area contributed by atoms with E-state index in [1.807, 2.05) is 36.4 Å². The Morgan fingerprint density at radius 3 is 1.38 bits per heavy atom. The lowest BCUT2D eigenvalue weighted by Gasteiger charge is -2.18. The third-order valence-electron chi connectivity index (χ3n) is 6.37. The summed E-state index contributed by atoms with van der Waals surface area (Å²) in [5.41, 5.74) is 2.21. The molecule has 0 saturated carbocycles. The number of aromatic nitrogens is 1. The van der Waals surface area contributed by atoms with Gasteiger partial charge in [-0.3, -0.25) is 9.80 Å². The fourth-order valence-corrected chi connectivity index (χ4v) is 4.53. The number of unbranched alkanes of at least 4 members (excludes halogenated alkanes) is 2. The van der Waals surface area contributed by atoms with Crippen molar-refractivity contribution in [1.29, 1.82) is 0 Å². The summed E-state index contributed by atoms with van der Waals surface area (Å²) in [5, 5.41) is 2.32. The Bertz CT molecular complexity index is 1040. The van der Waals surface area contributed by atoms with E-state index in [0.29, 0.717) is 13.2 Å². The fourth-order valence-electron chi connectivity index (χ4n) is 4.53. The molecule has 3 rings (SSSR count). The molecule has 198 valence electrons. The predicted octanol–water partition coefficient (Wildman–Crippen LogP) is 6.99.